The number of benzene rings is 1. The molecule has 0 saturated carbocycles. The summed E-state index contributed by atoms with van der Waals surface area (Å²) in [6.45, 7) is 4.26. The number of piperazine rings is 1. The summed E-state index contributed by atoms with van der Waals surface area (Å²) in [6.07, 6.45) is 1.59. The van der Waals surface area contributed by atoms with Crippen LogP contribution in [0.1, 0.15) is 16.1 Å². The van der Waals surface area contributed by atoms with E-state index in [2.05, 4.69) is 15.5 Å². The molecule has 2 amide bonds. The maximum Gasteiger partial charge on any atom is 0.254 e. The molecule has 5 rings (SSSR count). The molecule has 0 aliphatic carbocycles. The van der Waals surface area contributed by atoms with Gasteiger partial charge in [-0.3, -0.25) is 14.5 Å². The van der Waals surface area contributed by atoms with Gasteiger partial charge in [-0.05, 0) is 31.2 Å². The highest BCUT2D eigenvalue weighted by Crippen LogP contribution is 2.26. The Kier molecular flexibility index (Phi) is 5.62. The minimum absolute atomic E-state index is 0.0522. The van der Waals surface area contributed by atoms with Crippen molar-refractivity contribution >= 4 is 28.5 Å². The lowest BCUT2D eigenvalue weighted by molar-refractivity contribution is -0.117. The van der Waals surface area contributed by atoms with Crippen LogP contribution in [0.5, 0.6) is 0 Å². The van der Waals surface area contributed by atoms with E-state index >= 15 is 0 Å². The van der Waals surface area contributed by atoms with E-state index in [-0.39, 0.29) is 18.4 Å². The molecule has 1 aliphatic heterocycles. The summed E-state index contributed by atoms with van der Waals surface area (Å²) in [6, 6.07) is 14.7. The van der Waals surface area contributed by atoms with Gasteiger partial charge in [-0.15, -0.1) is 0 Å². The topological polar surface area (TPSA) is 105 Å². The van der Waals surface area contributed by atoms with Gasteiger partial charge in [0.05, 0.1) is 23.9 Å². The Balaban J connectivity index is 1.27. The minimum Gasteiger partial charge on any atom is -0.463 e. The molecule has 0 unspecified atom stereocenters. The van der Waals surface area contributed by atoms with Crippen molar-refractivity contribution in [2.75, 3.05) is 38.0 Å². The number of amides is 2. The highest BCUT2D eigenvalue weighted by atomic mass is 16.5. The van der Waals surface area contributed by atoms with Crippen molar-refractivity contribution in [1.29, 1.82) is 0 Å². The smallest absolute Gasteiger partial charge is 0.254 e. The van der Waals surface area contributed by atoms with Gasteiger partial charge < -0.3 is 19.2 Å². The fourth-order valence-electron chi connectivity index (χ4n) is 3.99. The first-order valence-corrected chi connectivity index (χ1v) is 10.8. The largest absolute Gasteiger partial charge is 0.463 e. The Bertz CT molecular complexity index is 1290. The van der Waals surface area contributed by atoms with Crippen molar-refractivity contribution in [3.05, 3.63) is 66.1 Å². The first-order valence-electron chi connectivity index (χ1n) is 10.8. The first kappa shape index (κ1) is 20.9. The predicted molar refractivity (Wildman–Crippen MR) is 122 cm³/mol. The summed E-state index contributed by atoms with van der Waals surface area (Å²) in [7, 11) is 0. The highest BCUT2D eigenvalue weighted by Gasteiger charge is 2.25. The fourth-order valence-corrected chi connectivity index (χ4v) is 3.99. The van der Waals surface area contributed by atoms with Crippen LogP contribution in [0.2, 0.25) is 0 Å². The van der Waals surface area contributed by atoms with Gasteiger partial charge in [-0.1, -0.05) is 23.4 Å². The molecule has 9 heteroatoms. The summed E-state index contributed by atoms with van der Waals surface area (Å²) >= 11 is 0. The number of anilines is 1. The van der Waals surface area contributed by atoms with E-state index in [1.54, 1.807) is 31.4 Å². The maximum atomic E-state index is 13.5. The molecule has 1 fully saturated rings. The average molecular weight is 445 g/mol. The highest BCUT2D eigenvalue weighted by molar-refractivity contribution is 6.07. The number of hydrogen-bond donors (Lipinski definition) is 1. The first-order chi connectivity index (χ1) is 16.1. The number of carbonyl (C=O) groups excluding carboxylic acids is 2. The molecule has 1 N–H and O–H groups in total. The number of carbonyl (C=O) groups is 2. The molecule has 168 valence electrons. The van der Waals surface area contributed by atoms with Crippen LogP contribution in [0, 0.1) is 6.92 Å². The molecule has 1 saturated heterocycles. The lowest BCUT2D eigenvalue weighted by Crippen LogP contribution is -2.50. The van der Waals surface area contributed by atoms with Gasteiger partial charge in [0.1, 0.15) is 11.5 Å². The summed E-state index contributed by atoms with van der Waals surface area (Å²) in [5.41, 5.74) is 1.97. The molecule has 4 heterocycles. The number of pyridine rings is 1. The summed E-state index contributed by atoms with van der Waals surface area (Å²) in [5.74, 6) is 1.45. The lowest BCUT2D eigenvalue weighted by Gasteiger charge is -2.34. The summed E-state index contributed by atoms with van der Waals surface area (Å²) in [5, 5.41) is 7.31. The van der Waals surface area contributed by atoms with E-state index in [1.165, 1.54) is 0 Å². The van der Waals surface area contributed by atoms with Gasteiger partial charge in [0.15, 0.2) is 11.6 Å². The quantitative estimate of drug-likeness (QED) is 0.503. The van der Waals surface area contributed by atoms with Gasteiger partial charge in [0.25, 0.3) is 5.91 Å². The zero-order chi connectivity index (χ0) is 22.8. The van der Waals surface area contributed by atoms with Crippen LogP contribution in [-0.4, -0.2) is 64.5 Å². The molecule has 1 aromatic carbocycles. The number of rotatable bonds is 5. The number of aromatic nitrogens is 2. The van der Waals surface area contributed by atoms with Gasteiger partial charge >= 0.3 is 0 Å². The van der Waals surface area contributed by atoms with Crippen molar-refractivity contribution in [2.24, 2.45) is 0 Å². The van der Waals surface area contributed by atoms with Crippen LogP contribution >= 0.6 is 0 Å². The zero-order valence-corrected chi connectivity index (χ0v) is 18.2. The van der Waals surface area contributed by atoms with Crippen LogP contribution < -0.4 is 5.32 Å². The molecule has 3 aromatic heterocycles. The van der Waals surface area contributed by atoms with Crippen molar-refractivity contribution in [3.8, 4) is 11.5 Å². The van der Waals surface area contributed by atoms with E-state index in [1.807, 2.05) is 40.1 Å². The van der Waals surface area contributed by atoms with Gasteiger partial charge in [0.2, 0.25) is 5.91 Å². The average Bonchev–Trinajstić information content (AvgIpc) is 3.50. The van der Waals surface area contributed by atoms with Crippen LogP contribution in [0.15, 0.2) is 63.7 Å². The number of para-hydroxylation sites is 1. The Hall–Kier alpha value is -3.98. The third-order valence-corrected chi connectivity index (χ3v) is 5.64. The fraction of sp³-hybridized carbons (Fsp3) is 0.250. The van der Waals surface area contributed by atoms with Crippen molar-refractivity contribution in [2.45, 2.75) is 6.92 Å². The van der Waals surface area contributed by atoms with Crippen LogP contribution in [0.4, 0.5) is 5.82 Å². The molecule has 0 radical (unpaired) electrons. The molecule has 0 bridgehead atoms. The van der Waals surface area contributed by atoms with Crippen LogP contribution in [-0.2, 0) is 4.79 Å². The number of furan rings is 1. The van der Waals surface area contributed by atoms with Gasteiger partial charge in [-0.2, -0.15) is 0 Å². The van der Waals surface area contributed by atoms with E-state index in [4.69, 9.17) is 8.94 Å². The van der Waals surface area contributed by atoms with Crippen molar-refractivity contribution in [3.63, 3.8) is 0 Å². The molecular weight excluding hydrogens is 422 g/mol. The molecule has 9 nitrogen and oxygen atoms in total. The second-order valence-corrected chi connectivity index (χ2v) is 7.99. The maximum absolute atomic E-state index is 13.5. The number of fused-ring (bicyclic) bond motifs is 1. The van der Waals surface area contributed by atoms with Crippen molar-refractivity contribution < 1.29 is 18.5 Å². The van der Waals surface area contributed by atoms with Gasteiger partial charge in [-0.25, -0.2) is 4.98 Å². The number of aryl methyl sites for hydroxylation is 1. The number of hydrogen-bond acceptors (Lipinski definition) is 7. The normalized spacial score (nSPS) is 14.5. The lowest BCUT2D eigenvalue weighted by atomic mass is 10.0. The standard InChI is InChI=1S/C24H23N5O4/c1-16-13-22(27-33-16)26-23(30)15-28-8-10-29(11-9-28)24(31)18-14-20(21-7-4-12-32-21)25-19-6-3-2-5-17(18)19/h2-7,12-14H,8-11,15H2,1H3,(H,26,27,30). The predicted octanol–water partition coefficient (Wildman–Crippen LogP) is 3.19. The molecule has 1 aliphatic rings. The second-order valence-electron chi connectivity index (χ2n) is 7.99. The monoisotopic (exact) mass is 445 g/mol. The molecule has 4 aromatic rings. The van der Waals surface area contributed by atoms with E-state index in [0.29, 0.717) is 54.8 Å². The number of nitrogens with one attached hydrogen (secondary N) is 1. The Morgan fingerprint density at radius 1 is 1.06 bits per heavy atom. The summed E-state index contributed by atoms with van der Waals surface area (Å²) in [4.78, 5) is 34.3. The number of nitrogens with zero attached hydrogens (tertiary/aromatic N) is 4. The van der Waals surface area contributed by atoms with E-state index in [0.717, 1.165) is 10.9 Å². The van der Waals surface area contributed by atoms with E-state index < -0.39 is 0 Å². The van der Waals surface area contributed by atoms with Crippen molar-refractivity contribution in [1.82, 2.24) is 19.9 Å². The SMILES string of the molecule is Cc1cc(NC(=O)CN2CCN(C(=O)c3cc(-c4ccco4)nc4ccccc34)CC2)no1. The zero-order valence-electron chi connectivity index (χ0n) is 18.2. The Labute approximate surface area is 190 Å². The third kappa shape index (κ3) is 4.49. The van der Waals surface area contributed by atoms with Gasteiger partial charge in [0, 0.05) is 37.6 Å². The molecule has 0 atom stereocenters. The Morgan fingerprint density at radius 3 is 2.61 bits per heavy atom. The Morgan fingerprint density at radius 2 is 1.88 bits per heavy atom. The van der Waals surface area contributed by atoms with Crippen LogP contribution in [0.3, 0.4) is 0 Å². The third-order valence-electron chi connectivity index (χ3n) is 5.64. The second kappa shape index (κ2) is 8.87. The van der Waals surface area contributed by atoms with Crippen LogP contribution in [0.25, 0.3) is 22.4 Å². The summed E-state index contributed by atoms with van der Waals surface area (Å²) < 4.78 is 10.5. The molecule has 33 heavy (non-hydrogen) atoms. The molecular formula is C24H23N5O4. The minimum atomic E-state index is -0.161. The molecule has 0 spiro atoms. The van der Waals surface area contributed by atoms with E-state index in [9.17, 15) is 9.59 Å².